The lowest BCUT2D eigenvalue weighted by Crippen LogP contribution is -2.22. The van der Waals surface area contributed by atoms with Crippen molar-refractivity contribution in [2.75, 3.05) is 0 Å². The molecule has 15 heavy (non-hydrogen) atoms. The number of hydrogen-bond donors (Lipinski definition) is 0. The van der Waals surface area contributed by atoms with E-state index in [0.29, 0.717) is 0 Å². The number of nitrogens with zero attached hydrogens (tertiary/aromatic N) is 1. The monoisotopic (exact) mass is 215 g/mol. The van der Waals surface area contributed by atoms with E-state index in [2.05, 4.69) is 4.99 Å². The zero-order valence-electron chi connectivity index (χ0n) is 7.21. The number of ketones is 1. The standard InChI is InChI=1S/C9H4F3NO2/c10-9(11,12)8(15)6-3-1-2-4-7(6)13-5-14/h1-4H. The van der Waals surface area contributed by atoms with Crippen LogP contribution in [-0.2, 0) is 4.79 Å². The topological polar surface area (TPSA) is 46.5 Å². The number of aliphatic imine (C=N–C) groups is 1. The van der Waals surface area contributed by atoms with E-state index >= 15 is 0 Å². The Morgan fingerprint density at radius 3 is 2.40 bits per heavy atom. The summed E-state index contributed by atoms with van der Waals surface area (Å²) in [6, 6.07) is 4.70. The normalized spacial score (nSPS) is 10.6. The van der Waals surface area contributed by atoms with Crippen molar-refractivity contribution in [3.05, 3.63) is 29.8 Å². The molecule has 78 valence electrons. The number of benzene rings is 1. The maximum Gasteiger partial charge on any atom is 0.454 e. The summed E-state index contributed by atoms with van der Waals surface area (Å²) in [5, 5.41) is 0. The maximum absolute atomic E-state index is 12.1. The molecule has 0 saturated heterocycles. The molecule has 0 radical (unpaired) electrons. The molecule has 0 fully saturated rings. The van der Waals surface area contributed by atoms with Crippen LogP contribution in [0.1, 0.15) is 10.4 Å². The van der Waals surface area contributed by atoms with Crippen LogP contribution in [0.25, 0.3) is 0 Å². The van der Waals surface area contributed by atoms with Gasteiger partial charge in [0.1, 0.15) is 0 Å². The zero-order valence-corrected chi connectivity index (χ0v) is 7.21. The molecule has 0 aliphatic carbocycles. The van der Waals surface area contributed by atoms with Crippen molar-refractivity contribution < 1.29 is 22.8 Å². The van der Waals surface area contributed by atoms with Crippen molar-refractivity contribution in [1.29, 1.82) is 0 Å². The number of rotatable bonds is 2. The van der Waals surface area contributed by atoms with Crippen molar-refractivity contribution >= 4 is 17.6 Å². The van der Waals surface area contributed by atoms with Crippen LogP contribution >= 0.6 is 0 Å². The van der Waals surface area contributed by atoms with E-state index in [1.807, 2.05) is 0 Å². The highest BCUT2D eigenvalue weighted by Crippen LogP contribution is 2.27. The molecule has 0 heterocycles. The molecule has 0 aromatic heterocycles. The summed E-state index contributed by atoms with van der Waals surface area (Å²) in [6.07, 6.45) is -3.89. The molecule has 0 aliphatic rings. The van der Waals surface area contributed by atoms with Crippen LogP contribution in [0.3, 0.4) is 0 Å². The smallest absolute Gasteiger partial charge is 0.284 e. The third-order valence-electron chi connectivity index (χ3n) is 1.57. The Balaban J connectivity index is 3.25. The molecule has 0 spiro atoms. The number of halogens is 3. The minimum atomic E-state index is -4.98. The molecule has 1 aromatic carbocycles. The fourth-order valence-electron chi connectivity index (χ4n) is 0.965. The Hall–Kier alpha value is -1.94. The van der Waals surface area contributed by atoms with Gasteiger partial charge in [-0.15, -0.1) is 0 Å². The minimum absolute atomic E-state index is 0.338. The Morgan fingerprint density at radius 1 is 1.27 bits per heavy atom. The number of carbonyl (C=O) groups is 1. The average molecular weight is 215 g/mol. The molecule has 0 aliphatic heterocycles. The van der Waals surface area contributed by atoms with Crippen LogP contribution in [0.2, 0.25) is 0 Å². The van der Waals surface area contributed by atoms with Gasteiger partial charge >= 0.3 is 6.18 Å². The number of Topliss-reactive ketones (excluding diaryl/α,β-unsaturated/α-hetero) is 1. The van der Waals surface area contributed by atoms with Gasteiger partial charge in [-0.25, -0.2) is 4.79 Å². The van der Waals surface area contributed by atoms with Gasteiger partial charge < -0.3 is 0 Å². The summed E-state index contributed by atoms with van der Waals surface area (Å²) < 4.78 is 36.2. The van der Waals surface area contributed by atoms with Gasteiger partial charge in [0.2, 0.25) is 6.08 Å². The van der Waals surface area contributed by atoms with Crippen LogP contribution in [0.5, 0.6) is 0 Å². The number of hydrogen-bond acceptors (Lipinski definition) is 3. The second-order valence-electron chi connectivity index (χ2n) is 2.55. The van der Waals surface area contributed by atoms with Gasteiger partial charge in [0, 0.05) is 0 Å². The Bertz CT molecular complexity index is 433. The molecule has 0 saturated carbocycles. The first-order valence-electron chi connectivity index (χ1n) is 3.75. The Labute approximate surface area is 82.2 Å². The van der Waals surface area contributed by atoms with Crippen LogP contribution in [-0.4, -0.2) is 18.0 Å². The second kappa shape index (κ2) is 4.06. The van der Waals surface area contributed by atoms with Crippen molar-refractivity contribution in [1.82, 2.24) is 0 Å². The van der Waals surface area contributed by atoms with E-state index < -0.39 is 17.5 Å². The van der Waals surface area contributed by atoms with Crippen LogP contribution in [0.15, 0.2) is 29.3 Å². The summed E-state index contributed by atoms with van der Waals surface area (Å²) in [4.78, 5) is 23.8. The van der Waals surface area contributed by atoms with Crippen molar-refractivity contribution in [3.63, 3.8) is 0 Å². The van der Waals surface area contributed by atoms with Gasteiger partial charge in [-0.3, -0.25) is 4.79 Å². The predicted molar refractivity (Wildman–Crippen MR) is 44.6 cm³/mol. The molecule has 0 unspecified atom stereocenters. The van der Waals surface area contributed by atoms with Gasteiger partial charge in [0.05, 0.1) is 11.3 Å². The zero-order chi connectivity index (χ0) is 11.5. The SMILES string of the molecule is O=C=Nc1ccccc1C(=O)C(F)(F)F. The Kier molecular flexibility index (Phi) is 3.01. The summed E-state index contributed by atoms with van der Waals surface area (Å²) >= 11 is 0. The lowest BCUT2D eigenvalue weighted by molar-refractivity contribution is -0.0884. The molecule has 0 bridgehead atoms. The molecule has 0 N–H and O–H groups in total. The highest BCUT2D eigenvalue weighted by atomic mass is 19.4. The summed E-state index contributed by atoms with van der Waals surface area (Å²) in [6.45, 7) is 0. The Morgan fingerprint density at radius 2 is 1.87 bits per heavy atom. The summed E-state index contributed by atoms with van der Waals surface area (Å²) in [7, 11) is 0. The largest absolute Gasteiger partial charge is 0.454 e. The van der Waals surface area contributed by atoms with E-state index in [1.165, 1.54) is 12.1 Å². The summed E-state index contributed by atoms with van der Waals surface area (Å²) in [5.74, 6) is -2.03. The molecule has 1 aromatic rings. The predicted octanol–water partition coefficient (Wildman–Crippen LogP) is 2.40. The first-order valence-corrected chi connectivity index (χ1v) is 3.75. The number of isocyanates is 1. The first-order chi connectivity index (χ1) is 6.96. The molecular weight excluding hydrogens is 211 g/mol. The molecule has 0 amide bonds. The quantitative estimate of drug-likeness (QED) is 0.432. The maximum atomic E-state index is 12.1. The highest BCUT2D eigenvalue weighted by molar-refractivity contribution is 6.04. The lowest BCUT2D eigenvalue weighted by atomic mass is 10.1. The van der Waals surface area contributed by atoms with Gasteiger partial charge in [-0.05, 0) is 12.1 Å². The van der Waals surface area contributed by atoms with E-state index in [9.17, 15) is 22.8 Å². The van der Waals surface area contributed by atoms with E-state index in [-0.39, 0.29) is 5.69 Å². The van der Waals surface area contributed by atoms with E-state index in [4.69, 9.17) is 0 Å². The minimum Gasteiger partial charge on any atom is -0.284 e. The number of para-hydroxylation sites is 1. The molecular formula is C9H4F3NO2. The fraction of sp³-hybridized carbons (Fsp3) is 0.111. The molecule has 6 heteroatoms. The van der Waals surface area contributed by atoms with Crippen molar-refractivity contribution in [2.45, 2.75) is 6.18 Å². The van der Waals surface area contributed by atoms with E-state index in [0.717, 1.165) is 18.2 Å². The van der Waals surface area contributed by atoms with Gasteiger partial charge in [0.25, 0.3) is 5.78 Å². The van der Waals surface area contributed by atoms with E-state index in [1.54, 1.807) is 0 Å². The first kappa shape index (κ1) is 11.1. The fourth-order valence-corrected chi connectivity index (χ4v) is 0.965. The third-order valence-corrected chi connectivity index (χ3v) is 1.57. The number of carbonyl (C=O) groups excluding carboxylic acids is 2. The van der Waals surface area contributed by atoms with Gasteiger partial charge in [-0.1, -0.05) is 12.1 Å². The number of alkyl halides is 3. The van der Waals surface area contributed by atoms with Crippen molar-refractivity contribution in [2.24, 2.45) is 4.99 Å². The van der Waals surface area contributed by atoms with Gasteiger partial charge in [0.15, 0.2) is 0 Å². The van der Waals surface area contributed by atoms with Crippen molar-refractivity contribution in [3.8, 4) is 0 Å². The van der Waals surface area contributed by atoms with Crippen LogP contribution in [0, 0.1) is 0 Å². The third kappa shape index (κ3) is 2.51. The highest BCUT2D eigenvalue weighted by Gasteiger charge is 2.40. The molecule has 3 nitrogen and oxygen atoms in total. The second-order valence-corrected chi connectivity index (χ2v) is 2.55. The lowest BCUT2D eigenvalue weighted by Gasteiger charge is -2.06. The molecule has 0 atom stereocenters. The summed E-state index contributed by atoms with van der Waals surface area (Å²) in [5.41, 5.74) is -0.997. The average Bonchev–Trinajstić information content (AvgIpc) is 2.17. The van der Waals surface area contributed by atoms with Gasteiger partial charge in [-0.2, -0.15) is 18.2 Å². The van der Waals surface area contributed by atoms with Crippen LogP contribution in [0.4, 0.5) is 18.9 Å². The molecule has 1 rings (SSSR count). The van der Waals surface area contributed by atoms with Crippen LogP contribution < -0.4 is 0 Å².